The van der Waals surface area contributed by atoms with Crippen LogP contribution in [0.4, 0.5) is 9.59 Å². The summed E-state index contributed by atoms with van der Waals surface area (Å²) >= 11 is 0. The van der Waals surface area contributed by atoms with Crippen molar-refractivity contribution in [1.29, 1.82) is 0 Å². The van der Waals surface area contributed by atoms with E-state index in [0.29, 0.717) is 24.7 Å². The Labute approximate surface area is 345 Å². The van der Waals surface area contributed by atoms with Gasteiger partial charge in [-0.25, -0.2) is 9.59 Å². The van der Waals surface area contributed by atoms with Gasteiger partial charge in [0, 0.05) is 21.5 Å². The van der Waals surface area contributed by atoms with Crippen molar-refractivity contribution in [1.82, 2.24) is 0 Å². The summed E-state index contributed by atoms with van der Waals surface area (Å²) in [5.41, 5.74) is 4.01. The average molecular weight is 783 g/mol. The van der Waals surface area contributed by atoms with Gasteiger partial charge in [0.05, 0.1) is 13.2 Å². The Balaban J connectivity index is 1.33. The fraction of sp³-hybridized carbons (Fsp3) is 0.423. The van der Waals surface area contributed by atoms with Crippen LogP contribution in [0.25, 0.3) is 54.2 Å². The average Bonchev–Trinajstić information content (AvgIpc) is 3.23. The summed E-state index contributed by atoms with van der Waals surface area (Å²) in [4.78, 5) is 26.7. The predicted octanol–water partition coefficient (Wildman–Crippen LogP) is 15.9. The highest BCUT2D eigenvalue weighted by Gasteiger charge is 2.25. The zero-order valence-corrected chi connectivity index (χ0v) is 35.3. The molecule has 0 spiro atoms. The molecule has 0 heterocycles. The monoisotopic (exact) mass is 782 g/mol. The van der Waals surface area contributed by atoms with E-state index in [9.17, 15) is 9.59 Å². The topological polar surface area (TPSA) is 71.1 Å². The molecule has 6 aromatic carbocycles. The van der Waals surface area contributed by atoms with E-state index in [1.165, 1.54) is 64.2 Å². The van der Waals surface area contributed by atoms with Crippen LogP contribution >= 0.6 is 0 Å². The maximum Gasteiger partial charge on any atom is 0.513 e. The number of carbonyl (C=O) groups excluding carboxylic acids is 2. The number of benzene rings is 6. The van der Waals surface area contributed by atoms with Crippen molar-refractivity contribution in [3.05, 3.63) is 96.1 Å². The van der Waals surface area contributed by atoms with E-state index in [4.69, 9.17) is 18.9 Å². The van der Waals surface area contributed by atoms with Crippen molar-refractivity contribution in [2.24, 2.45) is 0 Å². The summed E-state index contributed by atoms with van der Waals surface area (Å²) in [5, 5.41) is 7.14. The van der Waals surface area contributed by atoms with E-state index < -0.39 is 12.3 Å². The molecule has 0 aliphatic heterocycles. The Morgan fingerprint density at radius 1 is 0.397 bits per heavy atom. The Bertz CT molecular complexity index is 2140. The highest BCUT2D eigenvalue weighted by atomic mass is 16.7. The smallest absolute Gasteiger partial charge is 0.434 e. The Morgan fingerprint density at radius 2 is 0.724 bits per heavy atom. The molecule has 0 fully saturated rings. The van der Waals surface area contributed by atoms with Crippen molar-refractivity contribution in [2.45, 2.75) is 130 Å². The zero-order chi connectivity index (χ0) is 40.7. The molecule has 0 amide bonds. The molecule has 0 aliphatic rings. The molecule has 6 aromatic rings. The standard InChI is InChI=1S/C52H62O6/c1-5-7-9-11-13-15-17-23-35-55-51(53)57-49-41-31-21-19-29-39(41)47(43-33-25-27-37(3)45(43)49)48-40-30-20-22-32-42(40)50(46-38(4)28-26-34-44(46)48)58-52(54)56-36-24-18-16-14-12-10-8-6-2/h19-22,25-34H,5-18,23-24,35-36H2,1-4H3. The number of aryl methyl sites for hydroxylation is 2. The molecule has 0 atom stereocenters. The van der Waals surface area contributed by atoms with Gasteiger partial charge in [0.2, 0.25) is 0 Å². The van der Waals surface area contributed by atoms with E-state index in [2.05, 4.69) is 76.2 Å². The van der Waals surface area contributed by atoms with Crippen LogP contribution in [0.15, 0.2) is 84.9 Å². The van der Waals surface area contributed by atoms with Gasteiger partial charge >= 0.3 is 12.3 Å². The lowest BCUT2D eigenvalue weighted by Gasteiger charge is -2.22. The van der Waals surface area contributed by atoms with Crippen LogP contribution in [0.1, 0.15) is 128 Å². The highest BCUT2D eigenvalue weighted by Crippen LogP contribution is 2.51. The van der Waals surface area contributed by atoms with E-state index in [1.807, 2.05) is 36.4 Å². The Morgan fingerprint density at radius 3 is 1.10 bits per heavy atom. The normalized spacial score (nSPS) is 11.4. The first-order chi connectivity index (χ1) is 28.4. The number of rotatable bonds is 21. The maximum atomic E-state index is 13.3. The van der Waals surface area contributed by atoms with Gasteiger partial charge in [-0.3, -0.25) is 0 Å². The van der Waals surface area contributed by atoms with Crippen molar-refractivity contribution in [3.63, 3.8) is 0 Å². The first kappa shape index (κ1) is 42.5. The van der Waals surface area contributed by atoms with Gasteiger partial charge in [-0.05, 0) is 70.5 Å². The summed E-state index contributed by atoms with van der Waals surface area (Å²) in [7, 11) is 0. The highest BCUT2D eigenvalue weighted by molar-refractivity contribution is 6.27. The molecule has 6 heteroatoms. The maximum absolute atomic E-state index is 13.3. The summed E-state index contributed by atoms with van der Waals surface area (Å²) in [6, 6.07) is 28.6. The quantitative estimate of drug-likeness (QED) is 0.0313. The van der Waals surface area contributed by atoms with Crippen molar-refractivity contribution < 1.29 is 28.5 Å². The Kier molecular flexibility index (Phi) is 15.8. The lowest BCUT2D eigenvalue weighted by atomic mass is 9.84. The second-order valence-electron chi connectivity index (χ2n) is 15.8. The minimum Gasteiger partial charge on any atom is -0.434 e. The first-order valence-corrected chi connectivity index (χ1v) is 22.0. The van der Waals surface area contributed by atoms with Crippen molar-refractivity contribution in [3.8, 4) is 22.6 Å². The molecule has 6 rings (SSSR count). The molecule has 306 valence electrons. The molecular weight excluding hydrogens is 721 g/mol. The van der Waals surface area contributed by atoms with Gasteiger partial charge in [-0.1, -0.05) is 189 Å². The van der Waals surface area contributed by atoms with Gasteiger partial charge in [0.1, 0.15) is 0 Å². The number of unbranched alkanes of at least 4 members (excludes halogenated alkanes) is 14. The largest absolute Gasteiger partial charge is 0.513 e. The number of fused-ring (bicyclic) bond motifs is 4. The Hall–Kier alpha value is -5.10. The van der Waals surface area contributed by atoms with Crippen LogP contribution in [0.5, 0.6) is 11.5 Å². The fourth-order valence-corrected chi connectivity index (χ4v) is 8.47. The van der Waals surface area contributed by atoms with Crippen LogP contribution < -0.4 is 9.47 Å². The van der Waals surface area contributed by atoms with E-state index in [1.54, 1.807) is 0 Å². The minimum atomic E-state index is -0.687. The van der Waals surface area contributed by atoms with Gasteiger partial charge in [0.25, 0.3) is 0 Å². The van der Waals surface area contributed by atoms with E-state index in [0.717, 1.165) is 104 Å². The molecule has 0 N–H and O–H groups in total. The SMILES string of the molecule is CCCCCCCCCCOC(=O)Oc1c2ccccc2c(-c2c3ccccc3c(OC(=O)OCCCCCCCCCC)c3c(C)cccc23)c2cccc(C)c12. The van der Waals surface area contributed by atoms with Gasteiger partial charge in [-0.2, -0.15) is 0 Å². The zero-order valence-electron chi connectivity index (χ0n) is 35.3. The third-order valence-electron chi connectivity index (χ3n) is 11.5. The van der Waals surface area contributed by atoms with E-state index >= 15 is 0 Å². The van der Waals surface area contributed by atoms with Crippen LogP contribution in [-0.2, 0) is 9.47 Å². The molecule has 0 radical (unpaired) electrons. The molecule has 6 nitrogen and oxygen atoms in total. The minimum absolute atomic E-state index is 0.333. The molecule has 0 bridgehead atoms. The van der Waals surface area contributed by atoms with Gasteiger partial charge in [-0.15, -0.1) is 0 Å². The molecule has 0 aliphatic carbocycles. The molecule has 0 unspecified atom stereocenters. The van der Waals surface area contributed by atoms with Gasteiger partial charge < -0.3 is 18.9 Å². The molecule has 58 heavy (non-hydrogen) atoms. The van der Waals surface area contributed by atoms with Crippen LogP contribution in [-0.4, -0.2) is 25.5 Å². The lowest BCUT2D eigenvalue weighted by Crippen LogP contribution is -2.13. The number of hydrogen-bond donors (Lipinski definition) is 0. The summed E-state index contributed by atoms with van der Waals surface area (Å²) < 4.78 is 23.7. The summed E-state index contributed by atoms with van der Waals surface area (Å²) in [5.74, 6) is 0.995. The molecule has 0 aromatic heterocycles. The molecule has 0 saturated carbocycles. The second kappa shape index (κ2) is 21.6. The first-order valence-electron chi connectivity index (χ1n) is 22.0. The second-order valence-corrected chi connectivity index (χ2v) is 15.8. The van der Waals surface area contributed by atoms with Crippen LogP contribution in [0, 0.1) is 13.8 Å². The third-order valence-corrected chi connectivity index (χ3v) is 11.5. The number of hydrogen-bond acceptors (Lipinski definition) is 6. The fourth-order valence-electron chi connectivity index (χ4n) is 8.47. The van der Waals surface area contributed by atoms with Crippen molar-refractivity contribution >= 4 is 55.4 Å². The number of ether oxygens (including phenoxy) is 4. The molecular formula is C52H62O6. The summed E-state index contributed by atoms with van der Waals surface area (Å²) in [6.07, 6.45) is 17.3. The van der Waals surface area contributed by atoms with Crippen LogP contribution in [0.3, 0.4) is 0 Å². The van der Waals surface area contributed by atoms with Crippen molar-refractivity contribution in [2.75, 3.05) is 13.2 Å². The van der Waals surface area contributed by atoms with Gasteiger partial charge in [0.15, 0.2) is 11.5 Å². The number of carbonyl (C=O) groups is 2. The predicted molar refractivity (Wildman–Crippen MR) is 241 cm³/mol. The van der Waals surface area contributed by atoms with Crippen LogP contribution in [0.2, 0.25) is 0 Å². The lowest BCUT2D eigenvalue weighted by molar-refractivity contribution is 0.0972. The van der Waals surface area contributed by atoms with E-state index in [-0.39, 0.29) is 0 Å². The third kappa shape index (κ3) is 10.3. The summed E-state index contributed by atoms with van der Waals surface area (Å²) in [6.45, 7) is 9.24. The molecule has 0 saturated heterocycles.